The molecular weight excluding hydrogens is 945 g/mol. The molecule has 4 unspecified atom stereocenters. The normalized spacial score (nSPS) is 20.2. The molecule has 2 aliphatic rings. The number of hydrogen-bond acceptors (Lipinski definition) is 8. The molecule has 0 aliphatic heterocycles. The molecule has 0 saturated heterocycles. The van der Waals surface area contributed by atoms with E-state index in [0.717, 1.165) is 22.3 Å². The van der Waals surface area contributed by atoms with Crippen molar-refractivity contribution < 1.29 is 38.1 Å². The van der Waals surface area contributed by atoms with Crippen molar-refractivity contribution in [1.82, 2.24) is 0 Å². The average Bonchev–Trinajstić information content (AvgIpc) is 3.35. The molecule has 0 N–H and O–H groups in total. The van der Waals surface area contributed by atoms with Crippen LogP contribution in [0.25, 0.3) is 0 Å². The van der Waals surface area contributed by atoms with Crippen LogP contribution < -0.4 is 0 Å². The van der Waals surface area contributed by atoms with Gasteiger partial charge in [0.2, 0.25) is 0 Å². The van der Waals surface area contributed by atoms with E-state index < -0.39 is 23.7 Å². The fraction of sp³-hybridized carbons (Fsp3) is 0.588. The summed E-state index contributed by atoms with van der Waals surface area (Å²) in [6.45, 7) is 48.1. The summed E-state index contributed by atoms with van der Waals surface area (Å²) in [4.78, 5) is 53.3. The van der Waals surface area contributed by atoms with E-state index in [-0.39, 0.29) is 72.0 Å². The summed E-state index contributed by atoms with van der Waals surface area (Å²) in [5.74, 6) is -2.40. The van der Waals surface area contributed by atoms with E-state index in [1.807, 2.05) is 111 Å². The molecule has 2 fully saturated rings. The van der Waals surface area contributed by atoms with Gasteiger partial charge in [0, 0.05) is 23.7 Å². The van der Waals surface area contributed by atoms with E-state index >= 15 is 0 Å². The number of hydrogen-bond donors (Lipinski definition) is 0. The van der Waals surface area contributed by atoms with Gasteiger partial charge in [-0.2, -0.15) is 0 Å². The predicted molar refractivity (Wildman–Crippen MR) is 317 cm³/mol. The molecule has 2 aliphatic carbocycles. The maximum absolute atomic E-state index is 13.4. The zero-order valence-corrected chi connectivity index (χ0v) is 51.7. The number of ether oxygens (including phenoxy) is 4. The van der Waals surface area contributed by atoms with E-state index in [9.17, 15) is 19.2 Å². The van der Waals surface area contributed by atoms with Gasteiger partial charge in [-0.15, -0.1) is 0 Å². The minimum absolute atomic E-state index is 0.151. The van der Waals surface area contributed by atoms with Crippen molar-refractivity contribution >= 4 is 23.9 Å². The average molecular weight is 1050 g/mol. The minimum Gasteiger partial charge on any atom is -0.463 e. The van der Waals surface area contributed by atoms with Gasteiger partial charge in [-0.3, -0.25) is 19.2 Å². The lowest BCUT2D eigenvalue weighted by molar-refractivity contribution is -0.176. The van der Waals surface area contributed by atoms with Crippen LogP contribution in [0.4, 0.5) is 0 Å². The third-order valence-corrected chi connectivity index (χ3v) is 13.5. The van der Waals surface area contributed by atoms with Gasteiger partial charge in [0.25, 0.3) is 0 Å². The highest BCUT2D eigenvalue weighted by atomic mass is 16.6. The molecule has 4 aromatic rings. The molecule has 0 aromatic heterocycles. The second kappa shape index (κ2) is 33.8. The van der Waals surface area contributed by atoms with Crippen molar-refractivity contribution in [3.8, 4) is 0 Å². The van der Waals surface area contributed by atoms with Crippen LogP contribution in [0, 0.1) is 23.7 Å². The van der Waals surface area contributed by atoms with Crippen LogP contribution in [-0.4, -0.2) is 48.3 Å². The van der Waals surface area contributed by atoms with Gasteiger partial charge in [-0.05, 0) is 124 Å². The lowest BCUT2D eigenvalue weighted by Gasteiger charge is -2.50. The molecule has 0 radical (unpaired) electrons. The van der Waals surface area contributed by atoms with Gasteiger partial charge < -0.3 is 18.9 Å². The molecule has 76 heavy (non-hydrogen) atoms. The fourth-order valence-electron chi connectivity index (χ4n) is 9.98. The van der Waals surface area contributed by atoms with Gasteiger partial charge in [-0.1, -0.05) is 208 Å². The highest BCUT2D eigenvalue weighted by Crippen LogP contribution is 2.60. The van der Waals surface area contributed by atoms with Crippen LogP contribution in [0.5, 0.6) is 0 Å². The summed E-state index contributed by atoms with van der Waals surface area (Å²) >= 11 is 0. The number of rotatable bonds is 16. The number of carbonyl (C=O) groups is 4. The van der Waals surface area contributed by atoms with Crippen molar-refractivity contribution in [3.05, 3.63) is 142 Å². The Labute approximate surface area is 463 Å². The minimum atomic E-state index is -0.576. The zero-order valence-electron chi connectivity index (χ0n) is 51.7. The third-order valence-electron chi connectivity index (χ3n) is 13.5. The summed E-state index contributed by atoms with van der Waals surface area (Å²) < 4.78 is 22.7. The SMILES string of the molecule is CC.CC.CC.CC.CC(C)OC(=O)C1C(C(=O)OC(C)C)C(c2ccc(C(C)C)cc2)C1c1ccc(C(C)C)cc1.CC(C)OC(=O)C1C(c2ccc(C(C)C)cc2)C(C(=O)OC(C)C)C1c1ccc(C(C)C)cc1. The van der Waals surface area contributed by atoms with Crippen LogP contribution in [0.3, 0.4) is 0 Å². The molecule has 424 valence electrons. The molecule has 8 heteroatoms. The van der Waals surface area contributed by atoms with E-state index in [1.165, 1.54) is 22.3 Å². The van der Waals surface area contributed by atoms with Gasteiger partial charge >= 0.3 is 23.9 Å². The quantitative estimate of drug-likeness (QED) is 0.0807. The number of carbonyl (C=O) groups excluding carboxylic acids is 4. The molecule has 8 nitrogen and oxygen atoms in total. The first-order valence-electron chi connectivity index (χ1n) is 29.2. The molecule has 0 amide bonds. The Kier molecular flexibility index (Phi) is 30.6. The maximum atomic E-state index is 13.4. The highest BCUT2D eigenvalue weighted by Gasteiger charge is 2.61. The molecule has 0 spiro atoms. The molecular formula is C68H104O8. The second-order valence-electron chi connectivity index (χ2n) is 21.4. The van der Waals surface area contributed by atoms with Crippen molar-refractivity contribution in [3.63, 3.8) is 0 Å². The summed E-state index contributed by atoms with van der Waals surface area (Å²) in [6.07, 6.45) is -0.936. The second-order valence-corrected chi connectivity index (χ2v) is 21.4. The molecule has 2 saturated carbocycles. The number of benzene rings is 4. The Morgan fingerprint density at radius 1 is 0.263 bits per heavy atom. The first kappa shape index (κ1) is 68.8. The van der Waals surface area contributed by atoms with E-state index in [2.05, 4.69) is 152 Å². The molecule has 4 aromatic carbocycles. The summed E-state index contributed by atoms with van der Waals surface area (Å²) in [6, 6.07) is 33.6. The molecule has 0 heterocycles. The van der Waals surface area contributed by atoms with Gasteiger partial charge in [0.1, 0.15) is 0 Å². The van der Waals surface area contributed by atoms with E-state index in [0.29, 0.717) is 23.7 Å². The topological polar surface area (TPSA) is 105 Å². The number of esters is 4. The van der Waals surface area contributed by atoms with Crippen LogP contribution >= 0.6 is 0 Å². The third kappa shape index (κ3) is 18.5. The van der Waals surface area contributed by atoms with E-state index in [1.54, 1.807) is 0 Å². The van der Waals surface area contributed by atoms with Gasteiger partial charge in [0.05, 0.1) is 48.1 Å². The van der Waals surface area contributed by atoms with Crippen LogP contribution in [0.1, 0.15) is 258 Å². The predicted octanol–water partition coefficient (Wildman–Crippen LogP) is 18.0. The lowest BCUT2D eigenvalue weighted by atomic mass is 9.52. The Morgan fingerprint density at radius 2 is 0.421 bits per heavy atom. The monoisotopic (exact) mass is 1050 g/mol. The Morgan fingerprint density at radius 3 is 0.579 bits per heavy atom. The Hall–Kier alpha value is -5.24. The Bertz CT molecular complexity index is 2100. The smallest absolute Gasteiger partial charge is 0.310 e. The zero-order chi connectivity index (χ0) is 58.3. The van der Waals surface area contributed by atoms with Gasteiger partial charge in [0.15, 0.2) is 0 Å². The maximum Gasteiger partial charge on any atom is 0.310 e. The van der Waals surface area contributed by atoms with Crippen LogP contribution in [0.2, 0.25) is 0 Å². The van der Waals surface area contributed by atoms with Crippen LogP contribution in [-0.2, 0) is 38.1 Å². The fourth-order valence-corrected chi connectivity index (χ4v) is 9.98. The molecule has 6 rings (SSSR count). The molecule has 0 bridgehead atoms. The largest absolute Gasteiger partial charge is 0.463 e. The van der Waals surface area contributed by atoms with E-state index in [4.69, 9.17) is 18.9 Å². The summed E-state index contributed by atoms with van der Waals surface area (Å²) in [7, 11) is 0. The summed E-state index contributed by atoms with van der Waals surface area (Å²) in [5, 5.41) is 0. The van der Waals surface area contributed by atoms with Crippen molar-refractivity contribution in [2.24, 2.45) is 23.7 Å². The van der Waals surface area contributed by atoms with Crippen molar-refractivity contribution in [2.45, 2.75) is 238 Å². The van der Waals surface area contributed by atoms with Crippen LogP contribution in [0.15, 0.2) is 97.1 Å². The Balaban J connectivity index is 0.000000672. The summed E-state index contributed by atoms with van der Waals surface area (Å²) in [5.41, 5.74) is 9.03. The van der Waals surface area contributed by atoms with Crippen molar-refractivity contribution in [1.29, 1.82) is 0 Å². The lowest BCUT2D eigenvalue weighted by Crippen LogP contribution is -2.53. The molecule has 4 atom stereocenters. The first-order chi connectivity index (χ1) is 36.0. The van der Waals surface area contributed by atoms with Gasteiger partial charge in [-0.25, -0.2) is 0 Å². The van der Waals surface area contributed by atoms with Crippen molar-refractivity contribution in [2.75, 3.05) is 0 Å². The standard InChI is InChI=1S/2C30H40O4.4C2H6/c1-17(2)21-9-13-23(14-10-21)25-27(29(31)33-19(5)6)26(28(25)30(32)34-20(7)8)24-15-11-22(12-16-24)18(3)4;1-17(2)21-9-13-23(14-10-21)25-26(24-15-11-22(12-16-24)18(3)4)28(30(32)34-20(7)8)27(25)29(31)33-19(5)6;4*1-2/h2*9-20,25-28H,1-8H3;4*1-2H3. The first-order valence-corrected chi connectivity index (χ1v) is 29.2. The highest BCUT2D eigenvalue weighted by molar-refractivity contribution is 5.88.